The molecule has 58 valence electrons. The molecule has 2 rings (SSSR count). The molecule has 0 amide bonds. The van der Waals surface area contributed by atoms with Crippen LogP contribution in [0, 0.1) is 0 Å². The Hall–Kier alpha value is -0.550. The van der Waals surface area contributed by atoms with E-state index in [1.807, 2.05) is 0 Å². The molecule has 0 radical (unpaired) electrons. The summed E-state index contributed by atoms with van der Waals surface area (Å²) in [5.74, 6) is 1.16. The monoisotopic (exact) mass is 166 g/mol. The largest absolute Gasteiger partial charge is 0.492 e. The summed E-state index contributed by atoms with van der Waals surface area (Å²) in [5.41, 5.74) is 1.39. The predicted molar refractivity (Wildman–Crippen MR) is 49.5 cm³/mol. The van der Waals surface area contributed by atoms with E-state index in [9.17, 15) is 0 Å². The zero-order valence-corrected chi connectivity index (χ0v) is 7.55. The fraction of sp³-hybridized carbons (Fsp3) is 0.333. The van der Waals surface area contributed by atoms with Crippen molar-refractivity contribution < 1.29 is 4.74 Å². The third-order valence-corrected chi connectivity index (χ3v) is 2.92. The number of para-hydroxylation sites is 1. The number of benzene rings is 1. The van der Waals surface area contributed by atoms with E-state index in [4.69, 9.17) is 4.74 Å². The molecule has 0 bridgehead atoms. The van der Waals surface area contributed by atoms with E-state index in [0.717, 1.165) is 27.4 Å². The Morgan fingerprint density at radius 1 is 1.45 bits per heavy atom. The summed E-state index contributed by atoms with van der Waals surface area (Å²) in [4.78, 5) is 0. The van der Waals surface area contributed by atoms with Gasteiger partial charge in [0.25, 0.3) is 0 Å². The van der Waals surface area contributed by atoms with Crippen LogP contribution in [0.2, 0.25) is 0 Å². The van der Waals surface area contributed by atoms with Crippen molar-refractivity contribution in [3.05, 3.63) is 23.8 Å². The third kappa shape index (κ3) is 1.14. The first-order valence-electron chi connectivity index (χ1n) is 3.84. The normalized spacial score (nSPS) is 15.4. The Balaban J connectivity index is 2.50. The number of hydrogen-bond acceptors (Lipinski definition) is 1. The molecule has 1 atom stereocenters. The highest BCUT2D eigenvalue weighted by Gasteiger charge is 2.13. The smallest absolute Gasteiger partial charge is 0.129 e. The second-order valence-electron chi connectivity index (χ2n) is 2.64. The van der Waals surface area contributed by atoms with Crippen LogP contribution < -0.4 is 10.0 Å². The van der Waals surface area contributed by atoms with Crippen molar-refractivity contribution in [2.24, 2.45) is 0 Å². The fourth-order valence-corrected chi connectivity index (χ4v) is 2.13. The Kier molecular flexibility index (Phi) is 1.83. The number of fused-ring (bicyclic) bond motifs is 1. The molecule has 0 fully saturated rings. The lowest BCUT2D eigenvalue weighted by molar-refractivity contribution is 0.359. The number of ether oxygens (including phenoxy) is 1. The van der Waals surface area contributed by atoms with E-state index < -0.39 is 0 Å². The summed E-state index contributed by atoms with van der Waals surface area (Å²) in [7, 11) is 0.847. The Labute approximate surface area is 68.5 Å². The lowest BCUT2D eigenvalue weighted by atomic mass is 10.2. The van der Waals surface area contributed by atoms with Crippen LogP contribution in [0.1, 0.15) is 5.56 Å². The minimum atomic E-state index is 0.847. The zero-order valence-electron chi connectivity index (χ0n) is 6.55. The van der Waals surface area contributed by atoms with Crippen LogP contribution in [-0.4, -0.2) is 13.3 Å². The van der Waals surface area contributed by atoms with Gasteiger partial charge in [-0.2, -0.15) is 0 Å². The van der Waals surface area contributed by atoms with E-state index in [2.05, 4.69) is 24.9 Å². The molecule has 11 heavy (non-hydrogen) atoms. The fourth-order valence-electron chi connectivity index (χ4n) is 1.41. The van der Waals surface area contributed by atoms with Gasteiger partial charge in [0.1, 0.15) is 5.75 Å². The second-order valence-corrected chi connectivity index (χ2v) is 3.68. The molecule has 1 aliphatic heterocycles. The van der Waals surface area contributed by atoms with Gasteiger partial charge in [0.05, 0.1) is 6.61 Å². The van der Waals surface area contributed by atoms with Crippen LogP contribution >= 0.6 is 8.58 Å². The highest BCUT2D eigenvalue weighted by atomic mass is 31.1. The number of hydrogen-bond donors (Lipinski definition) is 0. The highest BCUT2D eigenvalue weighted by Crippen LogP contribution is 2.26. The first-order valence-corrected chi connectivity index (χ1v) is 5.34. The summed E-state index contributed by atoms with van der Waals surface area (Å²) >= 11 is 0. The molecular formula is C9H11OP. The van der Waals surface area contributed by atoms with Gasteiger partial charge in [-0.25, -0.2) is 0 Å². The first kappa shape index (κ1) is 7.12. The molecular weight excluding hydrogens is 155 g/mol. The van der Waals surface area contributed by atoms with E-state index in [1.165, 1.54) is 10.9 Å². The molecule has 0 saturated heterocycles. The van der Waals surface area contributed by atoms with Crippen molar-refractivity contribution in [3.8, 4) is 5.75 Å². The van der Waals surface area contributed by atoms with Crippen LogP contribution in [0.4, 0.5) is 0 Å². The van der Waals surface area contributed by atoms with Crippen molar-refractivity contribution in [2.75, 3.05) is 13.3 Å². The highest BCUT2D eigenvalue weighted by molar-refractivity contribution is 7.46. The van der Waals surface area contributed by atoms with Crippen molar-refractivity contribution in [1.29, 1.82) is 0 Å². The van der Waals surface area contributed by atoms with Gasteiger partial charge >= 0.3 is 0 Å². The summed E-state index contributed by atoms with van der Waals surface area (Å²) in [6, 6.07) is 6.44. The molecule has 1 unspecified atom stereocenters. The summed E-state index contributed by atoms with van der Waals surface area (Å²) in [6.07, 6.45) is 1.09. The maximum absolute atomic E-state index is 5.53. The molecule has 0 aliphatic carbocycles. The molecule has 1 aromatic carbocycles. The Morgan fingerprint density at radius 2 is 2.36 bits per heavy atom. The van der Waals surface area contributed by atoms with E-state index in [-0.39, 0.29) is 0 Å². The van der Waals surface area contributed by atoms with Gasteiger partial charge in [-0.15, -0.1) is 0 Å². The summed E-state index contributed by atoms with van der Waals surface area (Å²) in [5, 5.41) is 1.38. The van der Waals surface area contributed by atoms with Crippen LogP contribution in [0.3, 0.4) is 0 Å². The van der Waals surface area contributed by atoms with Crippen molar-refractivity contribution in [1.82, 2.24) is 0 Å². The molecule has 1 heterocycles. The van der Waals surface area contributed by atoms with Crippen LogP contribution in [0.15, 0.2) is 18.2 Å². The lowest BCUT2D eigenvalue weighted by Gasteiger charge is -2.03. The standard InChI is InChI=1S/C9H11OP/c1-11-8-4-2-3-7-5-6-10-9(7)8/h2-4,11H,5-6H2,1H3. The van der Waals surface area contributed by atoms with Crippen molar-refractivity contribution >= 4 is 13.9 Å². The molecule has 0 aromatic heterocycles. The third-order valence-electron chi connectivity index (χ3n) is 1.98. The summed E-state index contributed by atoms with van der Waals surface area (Å²) < 4.78 is 5.53. The van der Waals surface area contributed by atoms with Crippen LogP contribution in [0.25, 0.3) is 0 Å². The van der Waals surface area contributed by atoms with Gasteiger partial charge in [-0.3, -0.25) is 0 Å². The maximum atomic E-state index is 5.53. The van der Waals surface area contributed by atoms with Gasteiger partial charge < -0.3 is 4.74 Å². The quantitative estimate of drug-likeness (QED) is 0.575. The first-order chi connectivity index (χ1) is 5.42. The minimum absolute atomic E-state index is 0.847. The van der Waals surface area contributed by atoms with Crippen LogP contribution in [0.5, 0.6) is 5.75 Å². The zero-order chi connectivity index (χ0) is 7.68. The Bertz CT molecular complexity index is 270. The molecule has 2 heteroatoms. The summed E-state index contributed by atoms with van der Waals surface area (Å²) in [6.45, 7) is 3.06. The number of rotatable bonds is 1. The molecule has 0 spiro atoms. The second kappa shape index (κ2) is 2.83. The molecule has 0 N–H and O–H groups in total. The Morgan fingerprint density at radius 3 is 3.18 bits per heavy atom. The predicted octanol–water partition coefficient (Wildman–Crippen LogP) is 1.56. The average Bonchev–Trinajstić information content (AvgIpc) is 2.50. The molecule has 0 saturated carbocycles. The SMILES string of the molecule is CPc1cccc2c1OCC2. The lowest BCUT2D eigenvalue weighted by Crippen LogP contribution is -1.98. The molecule has 1 aromatic rings. The molecule has 1 aliphatic rings. The van der Waals surface area contributed by atoms with Gasteiger partial charge in [-0.1, -0.05) is 26.8 Å². The van der Waals surface area contributed by atoms with E-state index in [1.54, 1.807) is 0 Å². The minimum Gasteiger partial charge on any atom is -0.492 e. The van der Waals surface area contributed by atoms with Crippen molar-refractivity contribution in [2.45, 2.75) is 6.42 Å². The average molecular weight is 166 g/mol. The van der Waals surface area contributed by atoms with Gasteiger partial charge in [0.2, 0.25) is 0 Å². The van der Waals surface area contributed by atoms with Gasteiger partial charge in [0, 0.05) is 11.7 Å². The maximum Gasteiger partial charge on any atom is 0.129 e. The van der Waals surface area contributed by atoms with Gasteiger partial charge in [0.15, 0.2) is 0 Å². The van der Waals surface area contributed by atoms with Gasteiger partial charge in [-0.05, 0) is 12.2 Å². The molecule has 1 nitrogen and oxygen atoms in total. The van der Waals surface area contributed by atoms with Crippen molar-refractivity contribution in [3.63, 3.8) is 0 Å². The topological polar surface area (TPSA) is 9.23 Å². The van der Waals surface area contributed by atoms with Crippen LogP contribution in [-0.2, 0) is 6.42 Å². The van der Waals surface area contributed by atoms with E-state index in [0.29, 0.717) is 0 Å². The van der Waals surface area contributed by atoms with E-state index >= 15 is 0 Å².